The molecule has 0 fully saturated rings. The summed E-state index contributed by atoms with van der Waals surface area (Å²) in [6, 6.07) is 13.8. The second kappa shape index (κ2) is 7.40. The van der Waals surface area contributed by atoms with Gasteiger partial charge in [0.2, 0.25) is 0 Å². The van der Waals surface area contributed by atoms with Crippen molar-refractivity contribution in [1.82, 2.24) is 0 Å². The van der Waals surface area contributed by atoms with Gasteiger partial charge in [0.05, 0.1) is 13.2 Å². The van der Waals surface area contributed by atoms with Gasteiger partial charge in [-0.25, -0.2) is 4.39 Å². The lowest BCUT2D eigenvalue weighted by atomic mass is 10.1. The highest BCUT2D eigenvalue weighted by molar-refractivity contribution is 5.94. The van der Waals surface area contributed by atoms with Gasteiger partial charge in [0.15, 0.2) is 0 Å². The van der Waals surface area contributed by atoms with E-state index in [4.69, 9.17) is 20.6 Å². The van der Waals surface area contributed by atoms with E-state index in [-0.39, 0.29) is 12.4 Å². The second-order valence-corrected chi connectivity index (χ2v) is 4.43. The number of hydrogen-bond donors (Lipinski definition) is 2. The Morgan fingerprint density at radius 2 is 1.86 bits per heavy atom. The third kappa shape index (κ3) is 4.57. The first-order chi connectivity index (χ1) is 10.2. The van der Waals surface area contributed by atoms with Crippen LogP contribution >= 0.6 is 0 Å². The summed E-state index contributed by atoms with van der Waals surface area (Å²) in [4.78, 5) is 0. The van der Waals surface area contributed by atoms with Crippen LogP contribution in [0, 0.1) is 11.2 Å². The molecule has 21 heavy (non-hydrogen) atoms. The molecule has 2 rings (SSSR count). The molecule has 5 heteroatoms. The summed E-state index contributed by atoms with van der Waals surface area (Å²) >= 11 is 0. The summed E-state index contributed by atoms with van der Waals surface area (Å²) in [5.74, 6) is 0.197. The summed E-state index contributed by atoms with van der Waals surface area (Å²) in [7, 11) is 0. The molecule has 0 aliphatic rings. The topological polar surface area (TPSA) is 68.3 Å². The van der Waals surface area contributed by atoms with E-state index in [9.17, 15) is 4.39 Å². The maximum atomic E-state index is 13.7. The molecule has 0 aliphatic carbocycles. The Morgan fingerprint density at radius 3 is 2.52 bits per heavy atom. The highest BCUT2D eigenvalue weighted by atomic mass is 19.1. The van der Waals surface area contributed by atoms with E-state index in [2.05, 4.69) is 0 Å². The van der Waals surface area contributed by atoms with Crippen molar-refractivity contribution in [1.29, 1.82) is 5.41 Å². The Morgan fingerprint density at radius 1 is 1.10 bits per heavy atom. The van der Waals surface area contributed by atoms with Crippen molar-refractivity contribution >= 4 is 5.84 Å². The predicted molar refractivity (Wildman–Crippen MR) is 79.0 cm³/mol. The summed E-state index contributed by atoms with van der Waals surface area (Å²) in [6.07, 6.45) is 0. The quantitative estimate of drug-likeness (QED) is 0.467. The highest BCUT2D eigenvalue weighted by Gasteiger charge is 2.05. The zero-order valence-electron chi connectivity index (χ0n) is 11.5. The molecule has 3 N–H and O–H groups in total. The fraction of sp³-hybridized carbons (Fsp3) is 0.188. The molecule has 0 heterocycles. The van der Waals surface area contributed by atoms with Crippen molar-refractivity contribution in [3.63, 3.8) is 0 Å². The second-order valence-electron chi connectivity index (χ2n) is 4.43. The number of ether oxygens (including phenoxy) is 2. The number of nitrogens with two attached hydrogens (primary N) is 1. The minimum atomic E-state index is -0.424. The molecule has 0 saturated carbocycles. The molecular formula is C16H17FN2O2. The molecule has 0 saturated heterocycles. The Labute approximate surface area is 122 Å². The van der Waals surface area contributed by atoms with Crippen LogP contribution in [0.2, 0.25) is 0 Å². The Bertz CT molecular complexity index is 602. The average Bonchev–Trinajstić information content (AvgIpc) is 2.49. The van der Waals surface area contributed by atoms with Crippen LogP contribution in [0.1, 0.15) is 11.1 Å². The number of benzene rings is 2. The first-order valence-corrected chi connectivity index (χ1v) is 6.55. The summed E-state index contributed by atoms with van der Waals surface area (Å²) in [6.45, 7) is 0.919. The van der Waals surface area contributed by atoms with Crippen LogP contribution in [0.5, 0.6) is 5.75 Å². The van der Waals surface area contributed by atoms with Gasteiger partial charge >= 0.3 is 0 Å². The zero-order valence-corrected chi connectivity index (χ0v) is 11.5. The molecule has 2 aromatic rings. The van der Waals surface area contributed by atoms with Gasteiger partial charge in [-0.15, -0.1) is 0 Å². The Balaban J connectivity index is 1.75. The minimum absolute atomic E-state index is 0.155. The maximum Gasteiger partial charge on any atom is 0.129 e. The average molecular weight is 288 g/mol. The van der Waals surface area contributed by atoms with E-state index in [1.165, 1.54) is 6.07 Å². The summed E-state index contributed by atoms with van der Waals surface area (Å²) in [5, 5.41) is 7.24. The van der Waals surface area contributed by atoms with Crippen LogP contribution in [-0.4, -0.2) is 19.0 Å². The van der Waals surface area contributed by atoms with Crippen LogP contribution in [0.4, 0.5) is 4.39 Å². The number of para-hydroxylation sites is 1. The molecule has 2 aromatic carbocycles. The van der Waals surface area contributed by atoms with E-state index in [0.717, 1.165) is 5.75 Å². The molecule has 0 unspecified atom stereocenters. The molecule has 4 nitrogen and oxygen atoms in total. The van der Waals surface area contributed by atoms with Crippen LogP contribution in [-0.2, 0) is 11.3 Å². The smallest absolute Gasteiger partial charge is 0.129 e. The van der Waals surface area contributed by atoms with Crippen molar-refractivity contribution in [2.75, 3.05) is 13.2 Å². The highest BCUT2D eigenvalue weighted by Crippen LogP contribution is 2.12. The van der Waals surface area contributed by atoms with Crippen molar-refractivity contribution in [3.05, 3.63) is 65.5 Å². The predicted octanol–water partition coefficient (Wildman–Crippen LogP) is 2.71. The third-order valence-electron chi connectivity index (χ3n) is 2.86. The molecule has 0 spiro atoms. The largest absolute Gasteiger partial charge is 0.491 e. The van der Waals surface area contributed by atoms with Crippen LogP contribution < -0.4 is 10.5 Å². The van der Waals surface area contributed by atoms with Crippen LogP contribution in [0.15, 0.2) is 48.5 Å². The first-order valence-electron chi connectivity index (χ1n) is 6.55. The van der Waals surface area contributed by atoms with Crippen LogP contribution in [0.25, 0.3) is 0 Å². The number of rotatable bonds is 7. The zero-order chi connectivity index (χ0) is 15.1. The minimum Gasteiger partial charge on any atom is -0.491 e. The van der Waals surface area contributed by atoms with Gasteiger partial charge < -0.3 is 15.2 Å². The van der Waals surface area contributed by atoms with Crippen LogP contribution in [0.3, 0.4) is 0 Å². The third-order valence-corrected chi connectivity index (χ3v) is 2.86. The number of amidine groups is 1. The van der Waals surface area contributed by atoms with E-state index in [1.807, 2.05) is 30.3 Å². The molecule has 0 bridgehead atoms. The fourth-order valence-electron chi connectivity index (χ4n) is 1.75. The molecule has 0 radical (unpaired) electrons. The molecule has 0 aromatic heterocycles. The van der Waals surface area contributed by atoms with E-state index in [0.29, 0.717) is 24.3 Å². The standard InChI is InChI=1S/C16H17FN2O2/c17-15-10-12(16(18)19)6-7-13(15)11-20-8-9-21-14-4-2-1-3-5-14/h1-7,10H,8-9,11H2,(H3,18,19). The van der Waals surface area contributed by atoms with Gasteiger partial charge in [-0.1, -0.05) is 30.3 Å². The number of halogens is 1. The van der Waals surface area contributed by atoms with Gasteiger partial charge in [-0.05, 0) is 18.2 Å². The van der Waals surface area contributed by atoms with Gasteiger partial charge in [-0.2, -0.15) is 0 Å². The SMILES string of the molecule is N=C(N)c1ccc(COCCOc2ccccc2)c(F)c1. The number of hydrogen-bond acceptors (Lipinski definition) is 3. The molecule has 0 aliphatic heterocycles. The van der Waals surface area contributed by atoms with E-state index < -0.39 is 5.82 Å². The monoisotopic (exact) mass is 288 g/mol. The van der Waals surface area contributed by atoms with Crippen molar-refractivity contribution < 1.29 is 13.9 Å². The Kier molecular flexibility index (Phi) is 5.29. The fourth-order valence-corrected chi connectivity index (χ4v) is 1.75. The molecular weight excluding hydrogens is 271 g/mol. The van der Waals surface area contributed by atoms with Crippen molar-refractivity contribution in [2.24, 2.45) is 5.73 Å². The van der Waals surface area contributed by atoms with E-state index >= 15 is 0 Å². The lowest BCUT2D eigenvalue weighted by Crippen LogP contribution is -2.12. The summed E-state index contributed by atoms with van der Waals surface area (Å²) < 4.78 is 24.6. The normalized spacial score (nSPS) is 10.3. The number of nitrogen functional groups attached to an aromatic ring is 1. The van der Waals surface area contributed by atoms with Gasteiger partial charge in [0.25, 0.3) is 0 Å². The van der Waals surface area contributed by atoms with Crippen molar-refractivity contribution in [3.8, 4) is 5.75 Å². The van der Waals surface area contributed by atoms with Gasteiger partial charge in [-0.3, -0.25) is 5.41 Å². The Hall–Kier alpha value is -2.40. The first kappa shape index (κ1) is 15.0. The lowest BCUT2D eigenvalue weighted by Gasteiger charge is -2.08. The van der Waals surface area contributed by atoms with Gasteiger partial charge in [0.1, 0.15) is 24.0 Å². The molecule has 0 amide bonds. The molecule has 0 atom stereocenters. The van der Waals surface area contributed by atoms with Gasteiger partial charge in [0, 0.05) is 11.1 Å². The van der Waals surface area contributed by atoms with E-state index in [1.54, 1.807) is 12.1 Å². The van der Waals surface area contributed by atoms with Crippen molar-refractivity contribution in [2.45, 2.75) is 6.61 Å². The molecule has 110 valence electrons. The lowest BCUT2D eigenvalue weighted by molar-refractivity contribution is 0.0872. The summed E-state index contributed by atoms with van der Waals surface area (Å²) in [5.41, 5.74) is 6.09. The maximum absolute atomic E-state index is 13.7. The number of nitrogens with one attached hydrogen (secondary N) is 1.